The zero-order valence-electron chi connectivity index (χ0n) is 39.8. The Morgan fingerprint density at radius 2 is 0.371 bits per heavy atom. The molecule has 0 aromatic carbocycles. The summed E-state index contributed by atoms with van der Waals surface area (Å²) < 4.78 is 51.7. The Morgan fingerprint density at radius 1 is 0.274 bits per heavy atom. The monoisotopic (exact) mass is 1190 g/mol. The normalized spacial score (nSPS) is 11.6. The molecule has 0 radical (unpaired) electrons. The van der Waals surface area contributed by atoms with Gasteiger partial charge in [0.1, 0.15) is 0 Å². The average molecular weight is 1190 g/mol. The Hall–Kier alpha value is 4.17. The van der Waals surface area contributed by atoms with Crippen LogP contribution in [-0.2, 0) is 156 Å². The van der Waals surface area contributed by atoms with E-state index in [1.807, 2.05) is 0 Å². The summed E-state index contributed by atoms with van der Waals surface area (Å²) in [6, 6.07) is 0. The molecule has 22 heteroatoms. The van der Waals surface area contributed by atoms with Gasteiger partial charge in [-0.1, -0.05) is 205 Å². The third-order valence-electron chi connectivity index (χ3n) is 7.98. The molecule has 0 unspecified atom stereocenters. The molecule has 0 aliphatic rings. The molecule has 0 aromatic rings. The SMILES string of the molecule is CCCCCOP(=S)([S-])OCCCCC.CCCCCOP(=S)([S-])OCCCCC.CCCCCOP(=S)([S-])OCCCCC.CCCCCOP(=S)([S-])OCCCCC.[O]=[Mo+4]. The molecule has 9 nitrogen and oxygen atoms in total. The van der Waals surface area contributed by atoms with Crippen molar-refractivity contribution in [3.63, 3.8) is 0 Å². The van der Waals surface area contributed by atoms with Crippen molar-refractivity contribution in [2.24, 2.45) is 0 Å². The predicted octanol–water partition coefficient (Wildman–Crippen LogP) is 16.6. The van der Waals surface area contributed by atoms with Crippen LogP contribution in [0.3, 0.4) is 0 Å². The van der Waals surface area contributed by atoms with Crippen molar-refractivity contribution in [1.82, 2.24) is 0 Å². The van der Waals surface area contributed by atoms with Crippen molar-refractivity contribution in [1.29, 1.82) is 0 Å². The zero-order valence-corrected chi connectivity index (χ0v) is 51.9. The van der Waals surface area contributed by atoms with Crippen molar-refractivity contribution >= 4 is 119 Å². The first kappa shape index (κ1) is 75.1. The van der Waals surface area contributed by atoms with Crippen LogP contribution in [-0.4, -0.2) is 52.9 Å². The van der Waals surface area contributed by atoms with E-state index in [0.29, 0.717) is 72.6 Å². The first-order valence-corrected chi connectivity index (χ1v) is 38.5. The summed E-state index contributed by atoms with van der Waals surface area (Å²) in [5, 5.41) is 0. The molecule has 0 saturated heterocycles. The molecule has 0 N–H and O–H groups in total. The van der Waals surface area contributed by atoms with Crippen LogP contribution in [0.25, 0.3) is 0 Å². The molecule has 0 atom stereocenters. The molecule has 0 rings (SSSR count). The van der Waals surface area contributed by atoms with E-state index in [9.17, 15) is 0 Å². The fourth-order valence-corrected chi connectivity index (χ4v) is 11.1. The van der Waals surface area contributed by atoms with Gasteiger partial charge in [0.15, 0.2) is 0 Å². The average Bonchev–Trinajstić information content (AvgIpc) is 3.23. The fourth-order valence-electron chi connectivity index (χ4n) is 4.38. The first-order chi connectivity index (χ1) is 29.5. The maximum atomic E-state index is 8.26. The molecule has 0 bridgehead atoms. The number of hydrogen-bond donors (Lipinski definition) is 0. The van der Waals surface area contributed by atoms with Crippen molar-refractivity contribution in [3.05, 3.63) is 0 Å². The molecule has 0 aliphatic heterocycles. The summed E-state index contributed by atoms with van der Waals surface area (Å²) in [6.07, 6.45) is 27.0. The Labute approximate surface area is 436 Å². The van der Waals surface area contributed by atoms with Crippen molar-refractivity contribution in [2.75, 3.05) is 52.9 Å². The van der Waals surface area contributed by atoms with E-state index in [4.69, 9.17) is 136 Å². The Balaban J connectivity index is -0.000000230. The van der Waals surface area contributed by atoms with Gasteiger partial charge in [0.25, 0.3) is 0 Å². The van der Waals surface area contributed by atoms with Crippen molar-refractivity contribution in [2.45, 2.75) is 209 Å². The first-order valence-electron chi connectivity index (χ1n) is 23.1. The maximum absolute atomic E-state index is 8.26. The summed E-state index contributed by atoms with van der Waals surface area (Å²) in [5.74, 6) is 0. The van der Waals surface area contributed by atoms with Gasteiger partial charge >= 0.3 is 23.2 Å². The van der Waals surface area contributed by atoms with E-state index in [1.165, 1.54) is 103 Å². The summed E-state index contributed by atoms with van der Waals surface area (Å²) >= 11 is 41.7. The van der Waals surface area contributed by atoms with E-state index < -0.39 is 22.8 Å². The van der Waals surface area contributed by atoms with Gasteiger partial charge in [-0.05, 0) is 51.4 Å². The summed E-state index contributed by atoms with van der Waals surface area (Å²) in [6.45, 7) is 22.5. The van der Waals surface area contributed by atoms with Gasteiger partial charge in [0, 0.05) is 0 Å². The number of rotatable bonds is 40. The summed E-state index contributed by atoms with van der Waals surface area (Å²) in [7, 11) is 0. The third kappa shape index (κ3) is 70.7. The van der Waals surface area contributed by atoms with Gasteiger partial charge in [0.05, 0.1) is 75.6 Å². The Kier molecular flexibility index (Phi) is 70.0. The quantitative estimate of drug-likeness (QED) is 0.0252. The molecule has 0 heterocycles. The minimum absolute atomic E-state index is 0.655. The Bertz CT molecular complexity index is 875. The molecule has 0 aliphatic carbocycles. The topological polar surface area (TPSA) is 90.9 Å². The molecule has 0 aromatic heterocycles. The van der Waals surface area contributed by atoms with Crippen LogP contribution in [0.1, 0.15) is 209 Å². The van der Waals surface area contributed by atoms with Crippen LogP contribution in [0.4, 0.5) is 0 Å². The standard InChI is InChI=1S/4C10H23O2PS2.Mo.O/c4*1-3-5-7-9-11-13(14,15)12-10-8-6-4-2;;/h4*3-10H2,1-2H3,(H,14,15);;/q;;;;+4;/p-4. The predicted molar refractivity (Wildman–Crippen MR) is 291 cm³/mol. The summed E-state index contributed by atoms with van der Waals surface area (Å²) in [5.41, 5.74) is -9.42. The van der Waals surface area contributed by atoms with Gasteiger partial charge in [0.2, 0.25) is 0 Å². The van der Waals surface area contributed by atoms with Gasteiger partial charge in [-0.15, -0.1) is 0 Å². The van der Waals surface area contributed by atoms with Crippen LogP contribution in [0.2, 0.25) is 0 Å². The number of unbranched alkanes of at least 4 members (excludes halogenated alkanes) is 16. The second-order valence-corrected chi connectivity index (χ2v) is 34.1. The van der Waals surface area contributed by atoms with Gasteiger partial charge in [-0.25, -0.2) is 0 Å². The third-order valence-corrected chi connectivity index (χ3v) is 17.0. The molecule has 376 valence electrons. The van der Waals surface area contributed by atoms with Crippen LogP contribution >= 0.6 is 22.8 Å². The molecule has 62 heavy (non-hydrogen) atoms. The van der Waals surface area contributed by atoms with Crippen molar-refractivity contribution in [3.8, 4) is 0 Å². The molecule has 0 spiro atoms. The molecule has 0 fully saturated rings. The van der Waals surface area contributed by atoms with E-state index in [2.05, 4.69) is 55.4 Å². The molecule has 0 amide bonds. The van der Waals surface area contributed by atoms with Gasteiger partial charge in [-0.2, -0.15) is 0 Å². The van der Waals surface area contributed by atoms with E-state index >= 15 is 0 Å². The van der Waals surface area contributed by atoms with E-state index in [-0.39, 0.29) is 0 Å². The second-order valence-electron chi connectivity index (χ2n) is 14.1. The van der Waals surface area contributed by atoms with Crippen molar-refractivity contribution < 1.29 is 59.4 Å². The van der Waals surface area contributed by atoms with Crippen LogP contribution in [0.15, 0.2) is 0 Å². The summed E-state index contributed by atoms with van der Waals surface area (Å²) in [4.78, 5) is 0. The van der Waals surface area contributed by atoms with Crippen LogP contribution in [0.5, 0.6) is 0 Å². The minimum atomic E-state index is -2.36. The van der Waals surface area contributed by atoms with Crippen LogP contribution in [0, 0.1) is 0 Å². The van der Waals surface area contributed by atoms with E-state index in [1.54, 1.807) is 0 Å². The van der Waals surface area contributed by atoms with Crippen LogP contribution < -0.4 is 0 Å². The van der Waals surface area contributed by atoms with Gasteiger partial charge in [-0.3, -0.25) is 0 Å². The fraction of sp³-hybridized carbons (Fsp3) is 1.00. The molecular formula is C40H88MoO9P4S8. The number of hydrogen-bond acceptors (Lipinski definition) is 17. The van der Waals surface area contributed by atoms with E-state index in [0.717, 1.165) is 51.4 Å². The van der Waals surface area contributed by atoms with Gasteiger partial charge < -0.3 is 85.2 Å². The molecule has 0 saturated carbocycles. The zero-order chi connectivity index (χ0) is 48.3. The Morgan fingerprint density at radius 3 is 0.452 bits per heavy atom. The molecular weight excluding hydrogens is 1100 g/mol. The second kappa shape index (κ2) is 57.7.